The molecule has 0 aliphatic heterocycles. The number of hydrogen-bond donors (Lipinski definition) is 12. The van der Waals surface area contributed by atoms with Gasteiger partial charge in [-0.25, -0.2) is 4.79 Å². The van der Waals surface area contributed by atoms with Gasteiger partial charge < -0.3 is 65.0 Å². The normalized spacial score (nSPS) is 15.0. The van der Waals surface area contributed by atoms with Gasteiger partial charge in [0.1, 0.15) is 36.3 Å². The minimum atomic E-state index is -1.81. The van der Waals surface area contributed by atoms with Crippen molar-refractivity contribution in [1.82, 2.24) is 31.9 Å². The van der Waals surface area contributed by atoms with Crippen LogP contribution < -0.4 is 54.8 Å². The van der Waals surface area contributed by atoms with Crippen LogP contribution in [0.15, 0.2) is 4.99 Å². The summed E-state index contributed by atoms with van der Waals surface area (Å²) in [7, 11) is 0. The number of primary amides is 1. The summed E-state index contributed by atoms with van der Waals surface area (Å²) in [5.74, 6) is -9.66. The van der Waals surface area contributed by atoms with Crippen LogP contribution in [0.2, 0.25) is 0 Å². The van der Waals surface area contributed by atoms with Gasteiger partial charge in [0.15, 0.2) is 5.96 Å². The first kappa shape index (κ1) is 55.5. The average Bonchev–Trinajstić information content (AvgIpc) is 3.15. The molecule has 22 heteroatoms. The number of carbonyl (C=O) groups is 9. The van der Waals surface area contributed by atoms with E-state index in [0.29, 0.717) is 25.7 Å². The minimum absolute atomic E-state index is 0.0240. The largest absolute Gasteiger partial charge is 0.481 e. The first-order chi connectivity index (χ1) is 28.4. The van der Waals surface area contributed by atoms with Gasteiger partial charge in [-0.1, -0.05) is 67.7 Å². The molecule has 22 nitrogen and oxygen atoms in total. The van der Waals surface area contributed by atoms with Gasteiger partial charge in [0, 0.05) is 13.0 Å². The summed E-state index contributed by atoms with van der Waals surface area (Å²) in [5, 5.41) is 34.4. The van der Waals surface area contributed by atoms with Gasteiger partial charge in [0.2, 0.25) is 41.4 Å². The van der Waals surface area contributed by atoms with Gasteiger partial charge in [-0.2, -0.15) is 0 Å². The third-order valence-electron chi connectivity index (χ3n) is 9.56. The zero-order valence-corrected chi connectivity index (χ0v) is 36.6. The molecule has 0 spiro atoms. The highest BCUT2D eigenvalue weighted by Gasteiger charge is 2.36. The van der Waals surface area contributed by atoms with Crippen molar-refractivity contribution in [2.24, 2.45) is 45.7 Å². The van der Waals surface area contributed by atoms with E-state index >= 15 is 0 Å². The Kier molecular flexibility index (Phi) is 26.2. The van der Waals surface area contributed by atoms with Gasteiger partial charge in [0.25, 0.3) is 0 Å². The van der Waals surface area contributed by atoms with Crippen LogP contribution in [0.4, 0.5) is 0 Å². The molecule has 0 aromatic heterocycles. The molecule has 16 N–H and O–H groups in total. The van der Waals surface area contributed by atoms with Crippen LogP contribution in [0.3, 0.4) is 0 Å². The molecule has 0 radical (unpaired) electrons. The molecule has 0 bridgehead atoms. The van der Waals surface area contributed by atoms with Crippen molar-refractivity contribution < 1.29 is 53.4 Å². The SMILES string of the molecule is CCCC[C@H](NC(=O)[C@@H](NC(=O)[C@H](CC(=O)O)NC(=O)[C@H](CCC(N)=O)NC(=O)[C@H](CC(C)C)NC(=O)[C@@H](N)CC(C)C)[C@@H](C)CC)C(=O)N[C@H](CCCN=C(N)N)C(=O)O. The number of guanidine groups is 1. The van der Waals surface area contributed by atoms with Crippen molar-refractivity contribution in [3.63, 3.8) is 0 Å². The first-order valence-corrected chi connectivity index (χ1v) is 20.8. The minimum Gasteiger partial charge on any atom is -0.481 e. The number of nitrogens with two attached hydrogens (primary N) is 4. The van der Waals surface area contributed by atoms with Crippen LogP contribution in [-0.4, -0.2) is 118 Å². The van der Waals surface area contributed by atoms with E-state index in [-0.39, 0.29) is 56.4 Å². The summed E-state index contributed by atoms with van der Waals surface area (Å²) in [4.78, 5) is 121. The molecule has 0 fully saturated rings. The van der Waals surface area contributed by atoms with Crippen molar-refractivity contribution in [2.45, 2.75) is 161 Å². The molecule has 0 rings (SSSR count). The third kappa shape index (κ3) is 23.2. The monoisotopic (exact) mass is 870 g/mol. The lowest BCUT2D eigenvalue weighted by molar-refractivity contribution is -0.142. The Bertz CT molecular complexity index is 1520. The average molecular weight is 870 g/mol. The molecule has 61 heavy (non-hydrogen) atoms. The predicted octanol–water partition coefficient (Wildman–Crippen LogP) is -1.57. The summed E-state index contributed by atoms with van der Waals surface area (Å²) in [6.07, 6.45) is 0.441. The zero-order valence-electron chi connectivity index (χ0n) is 36.6. The van der Waals surface area contributed by atoms with Gasteiger partial charge >= 0.3 is 11.9 Å². The Morgan fingerprint density at radius 2 is 1.05 bits per heavy atom. The van der Waals surface area contributed by atoms with Crippen molar-refractivity contribution in [3.05, 3.63) is 0 Å². The Morgan fingerprint density at radius 1 is 0.574 bits per heavy atom. The van der Waals surface area contributed by atoms with E-state index in [2.05, 4.69) is 36.9 Å². The quantitative estimate of drug-likeness (QED) is 0.0213. The highest BCUT2D eigenvalue weighted by molar-refractivity contribution is 5.98. The molecule has 0 aliphatic rings. The Hall–Kier alpha value is -5.54. The van der Waals surface area contributed by atoms with Crippen molar-refractivity contribution >= 4 is 59.2 Å². The summed E-state index contributed by atoms with van der Waals surface area (Å²) < 4.78 is 0. The molecule has 0 aromatic carbocycles. The van der Waals surface area contributed by atoms with Gasteiger partial charge in [-0.15, -0.1) is 0 Å². The maximum atomic E-state index is 13.8. The van der Waals surface area contributed by atoms with Crippen molar-refractivity contribution in [2.75, 3.05) is 6.54 Å². The Labute approximate surface area is 357 Å². The number of rotatable bonds is 31. The lowest BCUT2D eigenvalue weighted by Crippen LogP contribution is -2.61. The van der Waals surface area contributed by atoms with Gasteiger partial charge in [0.05, 0.1) is 12.5 Å². The second kappa shape index (κ2) is 28.8. The fraction of sp³-hybridized carbons (Fsp3) is 0.744. The number of carboxylic acids is 2. The van der Waals surface area contributed by atoms with E-state index in [1.165, 1.54) is 0 Å². The summed E-state index contributed by atoms with van der Waals surface area (Å²) in [6.45, 7) is 12.6. The molecule has 0 saturated carbocycles. The van der Waals surface area contributed by atoms with Crippen molar-refractivity contribution in [3.8, 4) is 0 Å². The number of carboxylic acid groups (broad SMARTS) is 2. The van der Waals surface area contributed by atoms with Gasteiger partial charge in [-0.3, -0.25) is 43.3 Å². The van der Waals surface area contributed by atoms with Gasteiger partial charge in [-0.05, 0) is 56.3 Å². The van der Waals surface area contributed by atoms with E-state index < -0.39 is 114 Å². The number of nitrogens with zero attached hydrogens (tertiary/aromatic N) is 1. The molecule has 8 atom stereocenters. The maximum absolute atomic E-state index is 13.8. The van der Waals surface area contributed by atoms with E-state index in [4.69, 9.17) is 22.9 Å². The summed E-state index contributed by atoms with van der Waals surface area (Å²) in [5.41, 5.74) is 22.0. The second-order valence-corrected chi connectivity index (χ2v) is 16.1. The standard InChI is InChI=1S/C39H71N11O11/c1-8-10-12-24(33(55)47-26(38(60)61)13-11-16-44-39(42)43)46-37(59)31(22(7)9-2)50-36(58)28(19-30(52)53)49-34(56)25(14-15-29(41)51)45-35(57)27(18-21(5)6)48-32(54)23(40)17-20(3)4/h20-28,31H,8-19,40H2,1-7H3,(H2,41,51)(H,45,57)(H,46,59)(H,47,55)(H,48,54)(H,49,56)(H,50,58)(H,52,53)(H,60,61)(H4,42,43,44)/t22-,23-,24-,25-,26+,27-,28-,31-/m0/s1. The van der Waals surface area contributed by atoms with Crippen LogP contribution in [0.5, 0.6) is 0 Å². The topological polar surface area (TPSA) is 383 Å². The van der Waals surface area contributed by atoms with Crippen LogP contribution >= 0.6 is 0 Å². The van der Waals surface area contributed by atoms with E-state index in [0.717, 1.165) is 0 Å². The Morgan fingerprint density at radius 3 is 1.54 bits per heavy atom. The highest BCUT2D eigenvalue weighted by Crippen LogP contribution is 2.13. The van der Waals surface area contributed by atoms with Crippen LogP contribution in [0.25, 0.3) is 0 Å². The van der Waals surface area contributed by atoms with Crippen LogP contribution in [0, 0.1) is 17.8 Å². The van der Waals surface area contributed by atoms with E-state index in [1.54, 1.807) is 27.7 Å². The van der Waals surface area contributed by atoms with Crippen molar-refractivity contribution in [1.29, 1.82) is 0 Å². The number of aliphatic carboxylic acids is 2. The van der Waals surface area contributed by atoms with E-state index in [9.17, 15) is 53.4 Å². The molecular weight excluding hydrogens is 798 g/mol. The molecule has 0 aromatic rings. The second-order valence-electron chi connectivity index (χ2n) is 16.1. The first-order valence-electron chi connectivity index (χ1n) is 20.8. The molecular formula is C39H71N11O11. The zero-order chi connectivity index (χ0) is 47.0. The summed E-state index contributed by atoms with van der Waals surface area (Å²) in [6, 6.07) is -9.36. The number of unbranched alkanes of at least 4 members (excludes halogenated alkanes) is 1. The lowest BCUT2D eigenvalue weighted by Gasteiger charge is -2.29. The summed E-state index contributed by atoms with van der Waals surface area (Å²) >= 11 is 0. The lowest BCUT2D eigenvalue weighted by atomic mass is 9.96. The van der Waals surface area contributed by atoms with Crippen LogP contribution in [-0.2, 0) is 43.2 Å². The van der Waals surface area contributed by atoms with E-state index in [1.807, 2.05) is 20.8 Å². The number of aliphatic imine (C=N–C) groups is 1. The number of carbonyl (C=O) groups excluding carboxylic acids is 7. The molecule has 348 valence electrons. The molecule has 7 amide bonds. The molecule has 0 saturated heterocycles. The molecule has 0 heterocycles. The maximum Gasteiger partial charge on any atom is 0.326 e. The fourth-order valence-electron chi connectivity index (χ4n) is 6.01. The number of nitrogens with one attached hydrogen (secondary N) is 6. The highest BCUT2D eigenvalue weighted by atomic mass is 16.4. The van der Waals surface area contributed by atoms with Crippen LogP contribution in [0.1, 0.15) is 119 Å². The smallest absolute Gasteiger partial charge is 0.326 e. The molecule has 0 aliphatic carbocycles. The fourth-order valence-corrected chi connectivity index (χ4v) is 6.01. The third-order valence-corrected chi connectivity index (χ3v) is 9.56. The number of amides is 7. The predicted molar refractivity (Wildman–Crippen MR) is 226 cm³/mol. The molecule has 0 unspecified atom stereocenters. The Balaban J connectivity index is 6.42. The number of hydrogen-bond acceptors (Lipinski definition) is 11.